The van der Waals surface area contributed by atoms with Crippen molar-refractivity contribution in [3.8, 4) is 5.75 Å². The summed E-state index contributed by atoms with van der Waals surface area (Å²) in [5, 5.41) is 3.33. The van der Waals surface area contributed by atoms with Crippen LogP contribution in [0.5, 0.6) is 5.75 Å². The summed E-state index contributed by atoms with van der Waals surface area (Å²) in [6, 6.07) is 19.1. The zero-order valence-electron chi connectivity index (χ0n) is 24.3. The number of sulfonamides is 1. The molecule has 0 aliphatic heterocycles. The molecule has 0 fully saturated rings. The molecule has 3 aromatic carbocycles. The molecule has 220 valence electrons. The average molecular weight is 600 g/mol. The Morgan fingerprint density at radius 2 is 1.63 bits per heavy atom. The Labute approximate surface area is 248 Å². The normalized spacial score (nSPS) is 12.4. The summed E-state index contributed by atoms with van der Waals surface area (Å²) in [5.74, 6) is -0.203. The van der Waals surface area contributed by atoms with Crippen LogP contribution in [0.4, 0.5) is 5.69 Å². The monoisotopic (exact) mass is 599 g/mol. The second kappa shape index (κ2) is 13.4. The Balaban J connectivity index is 2.08. The number of ether oxygens (including phenoxy) is 1. The summed E-state index contributed by atoms with van der Waals surface area (Å²) in [4.78, 5) is 29.0. The maximum atomic E-state index is 14.1. The van der Waals surface area contributed by atoms with Gasteiger partial charge in [0.1, 0.15) is 18.3 Å². The number of rotatable bonds is 11. The van der Waals surface area contributed by atoms with Crippen molar-refractivity contribution in [2.75, 3.05) is 18.0 Å². The van der Waals surface area contributed by atoms with Crippen LogP contribution in [0.25, 0.3) is 0 Å². The Hall–Kier alpha value is -3.56. The summed E-state index contributed by atoms with van der Waals surface area (Å²) in [7, 11) is -2.60. The van der Waals surface area contributed by atoms with Crippen LogP contribution in [0.1, 0.15) is 45.2 Å². The van der Waals surface area contributed by atoms with Crippen LogP contribution in [0.15, 0.2) is 77.7 Å². The molecule has 0 aliphatic rings. The van der Waals surface area contributed by atoms with Gasteiger partial charge >= 0.3 is 0 Å². The van der Waals surface area contributed by atoms with Crippen LogP contribution in [0, 0.1) is 6.92 Å². The highest BCUT2D eigenvalue weighted by molar-refractivity contribution is 7.92. The number of hydrogen-bond acceptors (Lipinski definition) is 5. The van der Waals surface area contributed by atoms with Crippen LogP contribution in [0.3, 0.4) is 0 Å². The van der Waals surface area contributed by atoms with Gasteiger partial charge in [-0.05, 0) is 81.6 Å². The first-order chi connectivity index (χ1) is 19.3. The lowest BCUT2D eigenvalue weighted by molar-refractivity contribution is -0.141. The molecule has 0 spiro atoms. The minimum absolute atomic E-state index is 0.0312. The highest BCUT2D eigenvalue weighted by Gasteiger charge is 2.34. The fourth-order valence-corrected chi connectivity index (χ4v) is 5.89. The van der Waals surface area contributed by atoms with E-state index in [0.29, 0.717) is 17.2 Å². The molecule has 0 bridgehead atoms. The largest absolute Gasteiger partial charge is 0.497 e. The van der Waals surface area contributed by atoms with Crippen molar-refractivity contribution < 1.29 is 22.7 Å². The number of amides is 2. The van der Waals surface area contributed by atoms with E-state index < -0.39 is 34.1 Å². The van der Waals surface area contributed by atoms with Crippen molar-refractivity contribution in [1.82, 2.24) is 10.2 Å². The van der Waals surface area contributed by atoms with E-state index in [1.165, 1.54) is 23.1 Å². The first-order valence-corrected chi connectivity index (χ1v) is 15.2. The number of anilines is 1. The third-order valence-electron chi connectivity index (χ3n) is 6.45. The highest BCUT2D eigenvalue weighted by atomic mass is 35.5. The second-order valence-electron chi connectivity index (χ2n) is 10.8. The topological polar surface area (TPSA) is 96.0 Å². The predicted molar refractivity (Wildman–Crippen MR) is 163 cm³/mol. The van der Waals surface area contributed by atoms with Crippen molar-refractivity contribution in [1.29, 1.82) is 0 Å². The number of aryl methyl sites for hydroxylation is 1. The molecule has 41 heavy (non-hydrogen) atoms. The molecule has 0 unspecified atom stereocenters. The minimum Gasteiger partial charge on any atom is -0.497 e. The van der Waals surface area contributed by atoms with Gasteiger partial charge in [-0.2, -0.15) is 0 Å². The molecule has 8 nitrogen and oxygen atoms in total. The highest BCUT2D eigenvalue weighted by Crippen LogP contribution is 2.29. The number of carbonyl (C=O) groups is 2. The van der Waals surface area contributed by atoms with E-state index in [1.54, 1.807) is 49.6 Å². The van der Waals surface area contributed by atoms with E-state index in [2.05, 4.69) is 5.32 Å². The van der Waals surface area contributed by atoms with Crippen molar-refractivity contribution in [3.05, 3.63) is 88.9 Å². The molecule has 0 radical (unpaired) electrons. The maximum absolute atomic E-state index is 14.1. The van der Waals surface area contributed by atoms with E-state index in [1.807, 2.05) is 46.8 Å². The lowest BCUT2D eigenvalue weighted by Gasteiger charge is -2.34. The molecule has 0 aliphatic carbocycles. The van der Waals surface area contributed by atoms with Gasteiger partial charge in [0, 0.05) is 17.1 Å². The third kappa shape index (κ3) is 8.24. The van der Waals surface area contributed by atoms with Gasteiger partial charge in [0.25, 0.3) is 10.0 Å². The van der Waals surface area contributed by atoms with Gasteiger partial charge < -0.3 is 15.0 Å². The zero-order valence-corrected chi connectivity index (χ0v) is 25.9. The molecule has 0 saturated carbocycles. The van der Waals surface area contributed by atoms with E-state index in [4.69, 9.17) is 16.3 Å². The van der Waals surface area contributed by atoms with Gasteiger partial charge in [-0.25, -0.2) is 8.42 Å². The van der Waals surface area contributed by atoms with Crippen LogP contribution in [-0.4, -0.2) is 50.4 Å². The predicted octanol–water partition coefficient (Wildman–Crippen LogP) is 5.57. The standard InChI is InChI=1S/C31H38ClN3O5S/c1-7-28(30(37)33-31(3,4)5)34(20-23-14-17-25(40-6)18-15-23)29(36)21-35(24-16-13-22(2)27(32)19-24)41(38,39)26-11-9-8-10-12-26/h8-19,28H,7,20-21H2,1-6H3,(H,33,37)/t28-/m0/s1. The van der Waals surface area contributed by atoms with Crippen molar-refractivity contribution >= 4 is 39.1 Å². The van der Waals surface area contributed by atoms with Crippen LogP contribution in [0.2, 0.25) is 5.02 Å². The van der Waals surface area contributed by atoms with Gasteiger partial charge in [-0.1, -0.05) is 54.9 Å². The van der Waals surface area contributed by atoms with Gasteiger partial charge in [-0.15, -0.1) is 0 Å². The van der Waals surface area contributed by atoms with Crippen LogP contribution >= 0.6 is 11.6 Å². The molecule has 0 saturated heterocycles. The van der Waals surface area contributed by atoms with Crippen LogP contribution < -0.4 is 14.4 Å². The smallest absolute Gasteiger partial charge is 0.264 e. The molecule has 1 N–H and O–H groups in total. The number of nitrogens with one attached hydrogen (secondary N) is 1. The molecule has 2 amide bonds. The number of hydrogen-bond donors (Lipinski definition) is 1. The van der Waals surface area contributed by atoms with E-state index >= 15 is 0 Å². The van der Waals surface area contributed by atoms with Crippen LogP contribution in [-0.2, 0) is 26.2 Å². The summed E-state index contributed by atoms with van der Waals surface area (Å²) < 4.78 is 34.1. The molecule has 1 atom stereocenters. The molecule has 0 heterocycles. The van der Waals surface area contributed by atoms with Gasteiger partial charge in [0.15, 0.2) is 0 Å². The number of benzene rings is 3. The number of carbonyl (C=O) groups excluding carboxylic acids is 2. The first-order valence-electron chi connectivity index (χ1n) is 13.3. The fraction of sp³-hybridized carbons (Fsp3) is 0.355. The minimum atomic E-state index is -4.17. The van der Waals surface area contributed by atoms with E-state index in [9.17, 15) is 18.0 Å². The zero-order chi connectivity index (χ0) is 30.4. The van der Waals surface area contributed by atoms with E-state index in [-0.39, 0.29) is 23.0 Å². The summed E-state index contributed by atoms with van der Waals surface area (Å²) in [5.41, 5.74) is 1.25. The maximum Gasteiger partial charge on any atom is 0.264 e. The Kier molecular flexibility index (Phi) is 10.4. The summed E-state index contributed by atoms with van der Waals surface area (Å²) >= 11 is 6.38. The van der Waals surface area contributed by atoms with Gasteiger partial charge in [0.05, 0.1) is 17.7 Å². The SMILES string of the molecule is CC[C@@H](C(=O)NC(C)(C)C)N(Cc1ccc(OC)cc1)C(=O)CN(c1ccc(C)c(Cl)c1)S(=O)(=O)c1ccccc1. The Morgan fingerprint density at radius 3 is 2.17 bits per heavy atom. The second-order valence-corrected chi connectivity index (χ2v) is 13.1. The van der Waals surface area contributed by atoms with E-state index in [0.717, 1.165) is 15.4 Å². The van der Waals surface area contributed by atoms with Crippen molar-refractivity contribution in [2.24, 2.45) is 0 Å². The number of methoxy groups -OCH3 is 1. The molecule has 3 aromatic rings. The summed E-state index contributed by atoms with van der Waals surface area (Å²) in [6.07, 6.45) is 0.325. The Morgan fingerprint density at radius 1 is 1.00 bits per heavy atom. The lowest BCUT2D eigenvalue weighted by atomic mass is 10.1. The molecule has 10 heteroatoms. The third-order valence-corrected chi connectivity index (χ3v) is 8.64. The number of halogens is 1. The van der Waals surface area contributed by atoms with Gasteiger partial charge in [-0.3, -0.25) is 13.9 Å². The van der Waals surface area contributed by atoms with Gasteiger partial charge in [0.2, 0.25) is 11.8 Å². The first kappa shape index (κ1) is 32.0. The van der Waals surface area contributed by atoms with Crippen molar-refractivity contribution in [3.63, 3.8) is 0 Å². The fourth-order valence-electron chi connectivity index (χ4n) is 4.29. The number of nitrogens with zero attached hydrogens (tertiary/aromatic N) is 2. The van der Waals surface area contributed by atoms with Crippen molar-refractivity contribution in [2.45, 2.75) is 64.1 Å². The molecule has 3 rings (SSSR count). The lowest BCUT2D eigenvalue weighted by Crippen LogP contribution is -2.55. The molecular formula is C31H38ClN3O5S. The molecular weight excluding hydrogens is 562 g/mol. The average Bonchev–Trinajstić information content (AvgIpc) is 2.92. The summed E-state index contributed by atoms with van der Waals surface area (Å²) in [6.45, 7) is 8.77. The molecule has 0 aromatic heterocycles. The quantitative estimate of drug-likeness (QED) is 0.311. The Bertz CT molecular complexity index is 1460.